The van der Waals surface area contributed by atoms with Crippen LogP contribution in [0, 0.1) is 0 Å². The molecular formula is C20H22ClNO3S. The molecule has 4 nitrogen and oxygen atoms in total. The summed E-state index contributed by atoms with van der Waals surface area (Å²) >= 11 is 7.54. The smallest absolute Gasteiger partial charge is 0.340 e. The fraction of sp³-hybridized carbons (Fsp3) is 0.300. The Morgan fingerprint density at radius 3 is 2.62 bits per heavy atom. The van der Waals surface area contributed by atoms with Gasteiger partial charge in [-0.2, -0.15) is 0 Å². The molecule has 2 aromatic rings. The van der Waals surface area contributed by atoms with Crippen LogP contribution in [0.25, 0.3) is 0 Å². The number of benzene rings is 2. The molecule has 26 heavy (non-hydrogen) atoms. The van der Waals surface area contributed by atoms with Crippen LogP contribution in [-0.4, -0.2) is 30.8 Å². The predicted octanol–water partition coefficient (Wildman–Crippen LogP) is 4.36. The molecule has 1 amide bonds. The van der Waals surface area contributed by atoms with Crippen molar-refractivity contribution in [1.29, 1.82) is 0 Å². The van der Waals surface area contributed by atoms with E-state index in [-0.39, 0.29) is 24.1 Å². The highest BCUT2D eigenvalue weighted by molar-refractivity contribution is 7.98. The number of amides is 1. The van der Waals surface area contributed by atoms with Crippen LogP contribution in [-0.2, 0) is 16.0 Å². The van der Waals surface area contributed by atoms with Crippen molar-refractivity contribution in [2.24, 2.45) is 0 Å². The summed E-state index contributed by atoms with van der Waals surface area (Å²) < 4.78 is 5.09. The van der Waals surface area contributed by atoms with Crippen molar-refractivity contribution in [2.75, 3.05) is 12.9 Å². The van der Waals surface area contributed by atoms with Gasteiger partial charge in [-0.1, -0.05) is 41.9 Å². The second-order valence-electron chi connectivity index (χ2n) is 5.91. The lowest BCUT2D eigenvalue weighted by Crippen LogP contribution is -2.36. The van der Waals surface area contributed by atoms with E-state index in [1.165, 1.54) is 17.3 Å². The number of halogens is 1. The molecule has 0 radical (unpaired) electrons. The minimum absolute atomic E-state index is 0.00943. The standard InChI is InChI=1S/C20H22ClNO3S/c1-14(8-9-15-6-4-3-5-7-15)22-19(23)13-25-20(24)17-12-16(26-2)10-11-18(17)21/h3-7,10-12,14H,8-9,13H2,1-2H3,(H,22,23)/t14-/m0/s1. The molecular weight excluding hydrogens is 370 g/mol. The number of carbonyl (C=O) groups excluding carboxylic acids is 2. The zero-order valence-electron chi connectivity index (χ0n) is 14.8. The first kappa shape index (κ1) is 20.3. The zero-order chi connectivity index (χ0) is 18.9. The molecule has 0 fully saturated rings. The third kappa shape index (κ3) is 6.39. The van der Waals surface area contributed by atoms with Crippen LogP contribution in [0.2, 0.25) is 5.02 Å². The van der Waals surface area contributed by atoms with Crippen molar-refractivity contribution in [3.8, 4) is 0 Å². The number of carbonyl (C=O) groups is 2. The van der Waals surface area contributed by atoms with Gasteiger partial charge in [0.15, 0.2) is 6.61 Å². The molecule has 1 N–H and O–H groups in total. The minimum atomic E-state index is -0.599. The number of nitrogens with one attached hydrogen (secondary N) is 1. The maximum Gasteiger partial charge on any atom is 0.340 e. The van der Waals surface area contributed by atoms with E-state index in [1.807, 2.05) is 37.4 Å². The van der Waals surface area contributed by atoms with Gasteiger partial charge in [-0.3, -0.25) is 4.79 Å². The first-order chi connectivity index (χ1) is 12.5. The SMILES string of the molecule is CSc1ccc(Cl)c(C(=O)OCC(=O)N[C@@H](C)CCc2ccccc2)c1. The Hall–Kier alpha value is -1.98. The van der Waals surface area contributed by atoms with Gasteiger partial charge in [0.1, 0.15) is 0 Å². The summed E-state index contributed by atoms with van der Waals surface area (Å²) in [6.07, 6.45) is 3.59. The molecule has 0 spiro atoms. The van der Waals surface area contributed by atoms with E-state index in [2.05, 4.69) is 17.4 Å². The lowest BCUT2D eigenvalue weighted by atomic mass is 10.1. The molecule has 138 valence electrons. The van der Waals surface area contributed by atoms with Gasteiger partial charge in [0.05, 0.1) is 10.6 Å². The van der Waals surface area contributed by atoms with E-state index < -0.39 is 5.97 Å². The Labute approximate surface area is 163 Å². The summed E-state index contributed by atoms with van der Waals surface area (Å²) in [7, 11) is 0. The molecule has 0 saturated heterocycles. The van der Waals surface area contributed by atoms with Gasteiger partial charge < -0.3 is 10.1 Å². The van der Waals surface area contributed by atoms with Crippen molar-refractivity contribution in [1.82, 2.24) is 5.32 Å². The van der Waals surface area contributed by atoms with Gasteiger partial charge in [-0.05, 0) is 49.8 Å². The van der Waals surface area contributed by atoms with Crippen LogP contribution >= 0.6 is 23.4 Å². The fourth-order valence-electron chi connectivity index (χ4n) is 2.41. The second-order valence-corrected chi connectivity index (χ2v) is 7.20. The van der Waals surface area contributed by atoms with Gasteiger partial charge in [-0.25, -0.2) is 4.79 Å². The summed E-state index contributed by atoms with van der Waals surface area (Å²) in [5, 5.41) is 3.15. The highest BCUT2D eigenvalue weighted by Gasteiger charge is 2.15. The van der Waals surface area contributed by atoms with Gasteiger partial charge in [0.25, 0.3) is 5.91 Å². The third-order valence-electron chi connectivity index (χ3n) is 3.84. The van der Waals surface area contributed by atoms with Crippen molar-refractivity contribution < 1.29 is 14.3 Å². The topological polar surface area (TPSA) is 55.4 Å². The van der Waals surface area contributed by atoms with E-state index >= 15 is 0 Å². The van der Waals surface area contributed by atoms with E-state index in [9.17, 15) is 9.59 Å². The van der Waals surface area contributed by atoms with E-state index in [0.29, 0.717) is 5.02 Å². The van der Waals surface area contributed by atoms with Crippen molar-refractivity contribution in [2.45, 2.75) is 30.7 Å². The predicted molar refractivity (Wildman–Crippen MR) is 106 cm³/mol. The Kier molecular flexibility index (Phi) is 8.01. The molecule has 0 unspecified atom stereocenters. The Bertz CT molecular complexity index is 752. The quantitative estimate of drug-likeness (QED) is 0.536. The molecule has 2 rings (SSSR count). The third-order valence-corrected chi connectivity index (χ3v) is 4.90. The molecule has 0 aliphatic heterocycles. The molecule has 0 aliphatic carbocycles. The molecule has 1 atom stereocenters. The molecule has 2 aromatic carbocycles. The zero-order valence-corrected chi connectivity index (χ0v) is 16.4. The number of aryl methyl sites for hydroxylation is 1. The summed E-state index contributed by atoms with van der Waals surface area (Å²) in [4.78, 5) is 25.0. The van der Waals surface area contributed by atoms with Crippen LogP contribution in [0.5, 0.6) is 0 Å². The Morgan fingerprint density at radius 2 is 1.92 bits per heavy atom. The van der Waals surface area contributed by atoms with Gasteiger partial charge in [-0.15, -0.1) is 11.8 Å². The van der Waals surface area contributed by atoms with Gasteiger partial charge >= 0.3 is 5.97 Å². The monoisotopic (exact) mass is 391 g/mol. The van der Waals surface area contributed by atoms with Crippen molar-refractivity contribution in [3.63, 3.8) is 0 Å². The number of hydrogen-bond donors (Lipinski definition) is 1. The molecule has 0 aromatic heterocycles. The van der Waals surface area contributed by atoms with Crippen molar-refractivity contribution in [3.05, 3.63) is 64.7 Å². The normalized spacial score (nSPS) is 11.7. The van der Waals surface area contributed by atoms with E-state index in [0.717, 1.165) is 17.7 Å². The van der Waals surface area contributed by atoms with Gasteiger partial charge in [0, 0.05) is 10.9 Å². The number of thioether (sulfide) groups is 1. The lowest BCUT2D eigenvalue weighted by molar-refractivity contribution is -0.124. The maximum atomic E-state index is 12.1. The summed E-state index contributed by atoms with van der Waals surface area (Å²) in [5.74, 6) is -0.922. The molecule has 0 aliphatic rings. The number of rotatable bonds is 8. The first-order valence-electron chi connectivity index (χ1n) is 8.33. The van der Waals surface area contributed by atoms with E-state index in [4.69, 9.17) is 16.3 Å². The Morgan fingerprint density at radius 1 is 1.19 bits per heavy atom. The molecule has 0 saturated carbocycles. The van der Waals surface area contributed by atoms with Crippen molar-refractivity contribution >= 4 is 35.2 Å². The largest absolute Gasteiger partial charge is 0.452 e. The molecule has 6 heteroatoms. The summed E-state index contributed by atoms with van der Waals surface area (Å²) in [5.41, 5.74) is 1.49. The van der Waals surface area contributed by atoms with E-state index in [1.54, 1.807) is 12.1 Å². The molecule has 0 bridgehead atoms. The van der Waals surface area contributed by atoms with Crippen LogP contribution in [0.15, 0.2) is 53.4 Å². The average molecular weight is 392 g/mol. The van der Waals surface area contributed by atoms with Crippen LogP contribution in [0.3, 0.4) is 0 Å². The maximum absolute atomic E-state index is 12.1. The fourth-order valence-corrected chi connectivity index (χ4v) is 3.05. The Balaban J connectivity index is 1.78. The van der Waals surface area contributed by atoms with Crippen LogP contribution < -0.4 is 5.32 Å². The highest BCUT2D eigenvalue weighted by Crippen LogP contribution is 2.23. The second kappa shape index (κ2) is 10.2. The number of esters is 1. The summed E-state index contributed by atoms with van der Waals surface area (Å²) in [6.45, 7) is 1.61. The lowest BCUT2D eigenvalue weighted by Gasteiger charge is -2.14. The number of hydrogen-bond acceptors (Lipinski definition) is 4. The van der Waals surface area contributed by atoms with Gasteiger partial charge in [0.2, 0.25) is 0 Å². The summed E-state index contributed by atoms with van der Waals surface area (Å²) in [6, 6.07) is 15.2. The highest BCUT2D eigenvalue weighted by atomic mass is 35.5. The average Bonchev–Trinajstić information content (AvgIpc) is 2.65. The minimum Gasteiger partial charge on any atom is -0.452 e. The molecule has 0 heterocycles. The number of ether oxygens (including phenoxy) is 1. The first-order valence-corrected chi connectivity index (χ1v) is 9.94. The van der Waals surface area contributed by atoms with Crippen LogP contribution in [0.1, 0.15) is 29.3 Å². The van der Waals surface area contributed by atoms with Crippen LogP contribution in [0.4, 0.5) is 0 Å².